The molecule has 0 bridgehead atoms. The van der Waals surface area contributed by atoms with Crippen LogP contribution in [-0.2, 0) is 0 Å². The number of ether oxygens (including phenoxy) is 1. The van der Waals surface area contributed by atoms with Gasteiger partial charge in [-0.05, 0) is 25.3 Å². The summed E-state index contributed by atoms with van der Waals surface area (Å²) >= 11 is 0. The number of hydrogen-bond acceptors (Lipinski definition) is 4. The third-order valence-electron chi connectivity index (χ3n) is 2.98. The van der Waals surface area contributed by atoms with Crippen molar-refractivity contribution in [2.45, 2.75) is 25.4 Å². The molecule has 1 aliphatic carbocycles. The quantitative estimate of drug-likeness (QED) is 0.595. The Bertz CT molecular complexity index is 428. The van der Waals surface area contributed by atoms with Crippen LogP contribution in [0.2, 0.25) is 0 Å². The first-order valence-corrected chi connectivity index (χ1v) is 5.70. The smallest absolute Gasteiger partial charge is 0.271 e. The molecule has 0 saturated heterocycles. The molecule has 1 fully saturated rings. The van der Waals surface area contributed by atoms with Gasteiger partial charge in [0.05, 0.1) is 16.7 Å². The molecule has 0 atom stereocenters. The molecule has 5 nitrogen and oxygen atoms in total. The molecule has 1 aliphatic rings. The van der Waals surface area contributed by atoms with E-state index < -0.39 is 0 Å². The zero-order valence-electron chi connectivity index (χ0n) is 10.0. The minimum absolute atomic E-state index is 0.0923. The SMILES string of the molecule is CN(C)c1cc([N+](=O)[O-])ccc1OC1CCC1. The monoisotopic (exact) mass is 236 g/mol. The van der Waals surface area contributed by atoms with Crippen molar-refractivity contribution in [3.63, 3.8) is 0 Å². The Morgan fingerprint density at radius 3 is 2.59 bits per heavy atom. The lowest BCUT2D eigenvalue weighted by atomic mass is 9.96. The van der Waals surface area contributed by atoms with Gasteiger partial charge in [-0.3, -0.25) is 10.1 Å². The van der Waals surface area contributed by atoms with Crippen molar-refractivity contribution in [2.24, 2.45) is 0 Å². The van der Waals surface area contributed by atoms with Gasteiger partial charge in [-0.1, -0.05) is 0 Å². The highest BCUT2D eigenvalue weighted by Gasteiger charge is 2.22. The van der Waals surface area contributed by atoms with E-state index in [0.717, 1.165) is 24.3 Å². The summed E-state index contributed by atoms with van der Waals surface area (Å²) in [5, 5.41) is 10.7. The molecule has 92 valence electrons. The molecule has 1 aromatic rings. The summed E-state index contributed by atoms with van der Waals surface area (Å²) in [4.78, 5) is 12.2. The highest BCUT2D eigenvalue weighted by atomic mass is 16.6. The molecule has 0 amide bonds. The molecule has 0 N–H and O–H groups in total. The summed E-state index contributed by atoms with van der Waals surface area (Å²) in [5.41, 5.74) is 0.848. The van der Waals surface area contributed by atoms with Crippen LogP contribution in [0.3, 0.4) is 0 Å². The molecule has 17 heavy (non-hydrogen) atoms. The Kier molecular flexibility index (Phi) is 3.17. The Morgan fingerprint density at radius 2 is 2.12 bits per heavy atom. The van der Waals surface area contributed by atoms with Crippen LogP contribution in [0.15, 0.2) is 18.2 Å². The maximum Gasteiger partial charge on any atom is 0.271 e. The Hall–Kier alpha value is -1.78. The number of nitrogens with zero attached hydrogens (tertiary/aromatic N) is 2. The number of non-ortho nitro benzene ring substituents is 1. The summed E-state index contributed by atoms with van der Waals surface area (Å²) in [6.45, 7) is 0. The van der Waals surface area contributed by atoms with Crippen molar-refractivity contribution in [2.75, 3.05) is 19.0 Å². The molecule has 1 saturated carbocycles. The summed E-state index contributed by atoms with van der Waals surface area (Å²) in [6.07, 6.45) is 3.62. The summed E-state index contributed by atoms with van der Waals surface area (Å²) in [6, 6.07) is 4.72. The first-order chi connectivity index (χ1) is 8.08. The van der Waals surface area contributed by atoms with E-state index in [1.165, 1.54) is 12.5 Å². The number of benzene rings is 1. The van der Waals surface area contributed by atoms with Crippen LogP contribution >= 0.6 is 0 Å². The third kappa shape index (κ3) is 2.49. The second kappa shape index (κ2) is 4.61. The lowest BCUT2D eigenvalue weighted by Gasteiger charge is -2.28. The van der Waals surface area contributed by atoms with E-state index in [9.17, 15) is 10.1 Å². The van der Waals surface area contributed by atoms with Gasteiger partial charge in [0.1, 0.15) is 5.75 Å². The largest absolute Gasteiger partial charge is 0.488 e. The highest BCUT2D eigenvalue weighted by Crippen LogP contribution is 2.34. The van der Waals surface area contributed by atoms with Crippen LogP contribution in [0.5, 0.6) is 5.75 Å². The molecule has 0 heterocycles. The maximum absolute atomic E-state index is 10.7. The lowest BCUT2D eigenvalue weighted by molar-refractivity contribution is -0.384. The molecule has 0 aromatic heterocycles. The lowest BCUT2D eigenvalue weighted by Crippen LogP contribution is -2.25. The first-order valence-electron chi connectivity index (χ1n) is 5.70. The van der Waals surface area contributed by atoms with Crippen LogP contribution in [0.25, 0.3) is 0 Å². The molecule has 0 spiro atoms. The number of nitro groups is 1. The average Bonchev–Trinajstić information content (AvgIpc) is 2.23. The van der Waals surface area contributed by atoms with E-state index in [1.54, 1.807) is 12.1 Å². The zero-order valence-corrected chi connectivity index (χ0v) is 10.0. The summed E-state index contributed by atoms with van der Waals surface area (Å²) in [5.74, 6) is 0.727. The minimum Gasteiger partial charge on any atom is -0.488 e. The van der Waals surface area contributed by atoms with Crippen LogP contribution < -0.4 is 9.64 Å². The molecule has 0 aliphatic heterocycles. The number of hydrogen-bond donors (Lipinski definition) is 0. The van der Waals surface area contributed by atoms with Crippen LogP contribution in [-0.4, -0.2) is 25.1 Å². The standard InChI is InChI=1S/C12H16N2O3/c1-13(2)11-8-9(14(15)16)6-7-12(11)17-10-4-3-5-10/h6-8,10H,3-5H2,1-2H3. The van der Waals surface area contributed by atoms with Crippen LogP contribution in [0.1, 0.15) is 19.3 Å². The van der Waals surface area contributed by atoms with Crippen molar-refractivity contribution in [1.29, 1.82) is 0 Å². The normalized spacial score (nSPS) is 15.2. The second-order valence-electron chi connectivity index (χ2n) is 4.47. The van der Waals surface area contributed by atoms with Gasteiger partial charge in [0.15, 0.2) is 0 Å². The van der Waals surface area contributed by atoms with Gasteiger partial charge in [0.25, 0.3) is 5.69 Å². The van der Waals surface area contributed by atoms with Gasteiger partial charge in [-0.2, -0.15) is 0 Å². The number of rotatable bonds is 4. The fraction of sp³-hybridized carbons (Fsp3) is 0.500. The molecule has 1 aromatic carbocycles. The van der Waals surface area contributed by atoms with E-state index in [-0.39, 0.29) is 16.7 Å². The third-order valence-corrected chi connectivity index (χ3v) is 2.98. The predicted molar refractivity (Wildman–Crippen MR) is 65.7 cm³/mol. The topological polar surface area (TPSA) is 55.6 Å². The van der Waals surface area contributed by atoms with Gasteiger partial charge in [-0.15, -0.1) is 0 Å². The Morgan fingerprint density at radius 1 is 1.41 bits per heavy atom. The molecule has 5 heteroatoms. The summed E-state index contributed by atoms with van der Waals surface area (Å²) < 4.78 is 5.81. The summed E-state index contributed by atoms with van der Waals surface area (Å²) in [7, 11) is 3.71. The van der Waals surface area contributed by atoms with E-state index in [2.05, 4.69) is 0 Å². The molecule has 2 rings (SSSR count). The zero-order chi connectivity index (χ0) is 12.4. The Balaban J connectivity index is 2.26. The number of nitro benzene ring substituents is 1. The van der Waals surface area contributed by atoms with Crippen LogP contribution in [0, 0.1) is 10.1 Å². The maximum atomic E-state index is 10.7. The highest BCUT2D eigenvalue weighted by molar-refractivity contribution is 5.62. The van der Waals surface area contributed by atoms with Crippen molar-refractivity contribution in [3.8, 4) is 5.75 Å². The van der Waals surface area contributed by atoms with E-state index in [1.807, 2.05) is 19.0 Å². The van der Waals surface area contributed by atoms with Crippen molar-refractivity contribution in [3.05, 3.63) is 28.3 Å². The minimum atomic E-state index is -0.389. The molecule has 0 unspecified atom stereocenters. The molecular weight excluding hydrogens is 220 g/mol. The fourth-order valence-electron chi connectivity index (χ4n) is 1.74. The van der Waals surface area contributed by atoms with Crippen molar-refractivity contribution in [1.82, 2.24) is 0 Å². The average molecular weight is 236 g/mol. The molecular formula is C12H16N2O3. The fourth-order valence-corrected chi connectivity index (χ4v) is 1.74. The van der Waals surface area contributed by atoms with Gasteiger partial charge in [0, 0.05) is 26.2 Å². The van der Waals surface area contributed by atoms with Crippen LogP contribution in [0.4, 0.5) is 11.4 Å². The molecule has 0 radical (unpaired) electrons. The van der Waals surface area contributed by atoms with E-state index in [0.29, 0.717) is 0 Å². The van der Waals surface area contributed by atoms with E-state index >= 15 is 0 Å². The van der Waals surface area contributed by atoms with Crippen molar-refractivity contribution >= 4 is 11.4 Å². The Labute approximate surface area is 100 Å². The van der Waals surface area contributed by atoms with Gasteiger partial charge >= 0.3 is 0 Å². The number of anilines is 1. The van der Waals surface area contributed by atoms with E-state index in [4.69, 9.17) is 4.74 Å². The predicted octanol–water partition coefficient (Wildman–Crippen LogP) is 2.59. The van der Waals surface area contributed by atoms with Gasteiger partial charge < -0.3 is 9.64 Å². The van der Waals surface area contributed by atoms with Gasteiger partial charge in [-0.25, -0.2) is 0 Å². The van der Waals surface area contributed by atoms with Gasteiger partial charge in [0.2, 0.25) is 0 Å². The van der Waals surface area contributed by atoms with Crippen molar-refractivity contribution < 1.29 is 9.66 Å². The first kappa shape index (κ1) is 11.7. The second-order valence-corrected chi connectivity index (χ2v) is 4.47.